The molecule has 1 aromatic heterocycles. The first-order chi connectivity index (χ1) is 22.5. The van der Waals surface area contributed by atoms with Gasteiger partial charge in [-0.2, -0.15) is 4.98 Å². The zero-order valence-electron chi connectivity index (χ0n) is 29.5. The number of halogens is 1. The molecule has 2 aromatic carbocycles. The van der Waals surface area contributed by atoms with Gasteiger partial charge in [0.2, 0.25) is 16.0 Å². The monoisotopic (exact) mass is 620 g/mol. The van der Waals surface area contributed by atoms with E-state index in [0.29, 0.717) is 34.9 Å². The molecule has 2 saturated heterocycles. The Morgan fingerprint density at radius 1 is 1.05 bits per heavy atom. The second kappa shape index (κ2) is 12.9. The maximum atomic E-state index is 12.5. The highest BCUT2D eigenvalue weighted by Gasteiger charge is 2.27. The Morgan fingerprint density at radius 3 is 2.50 bits per heavy atom. The van der Waals surface area contributed by atoms with Crippen LogP contribution in [0.15, 0.2) is 48.7 Å². The second-order valence-corrected chi connectivity index (χ2v) is 12.5. The van der Waals surface area contributed by atoms with Crippen molar-refractivity contribution in [3.63, 3.8) is 0 Å². The quantitative estimate of drug-likeness (QED) is 0.361. The van der Waals surface area contributed by atoms with E-state index in [0.717, 1.165) is 51.0 Å². The highest BCUT2D eigenvalue weighted by atomic mass is 35.5. The molecule has 2 fully saturated rings. The summed E-state index contributed by atoms with van der Waals surface area (Å²) in [5, 5.41) is 6.23. The van der Waals surface area contributed by atoms with Crippen LogP contribution in [0.4, 0.5) is 34.5 Å². The first-order valence-corrected chi connectivity index (χ1v) is 15.9. The number of sulfonamides is 1. The van der Waals surface area contributed by atoms with E-state index >= 15 is 0 Å². The molecule has 0 amide bonds. The largest absolute Gasteiger partial charge is 0.494 e. The minimum absolute atomic E-state index is 0.0958. The Hall–Kier alpha value is -3.32. The van der Waals surface area contributed by atoms with Crippen LogP contribution < -0.4 is 24.6 Å². The van der Waals surface area contributed by atoms with Crippen molar-refractivity contribution in [3.05, 3.63) is 53.7 Å². The van der Waals surface area contributed by atoms with Crippen molar-refractivity contribution in [2.45, 2.75) is 18.9 Å². The zero-order chi connectivity index (χ0) is 34.9. The molecule has 0 unspecified atom stereocenters. The van der Waals surface area contributed by atoms with Crippen LogP contribution in [0, 0.1) is 0 Å². The topological polar surface area (TPSA) is 106 Å². The van der Waals surface area contributed by atoms with E-state index < -0.39 is 24.0 Å². The Kier molecular flexibility index (Phi) is 7.12. The van der Waals surface area contributed by atoms with Crippen molar-refractivity contribution in [1.82, 2.24) is 19.8 Å². The van der Waals surface area contributed by atoms with Gasteiger partial charge in [-0.15, -0.1) is 0 Å². The predicted molar refractivity (Wildman–Crippen MR) is 171 cm³/mol. The maximum Gasteiger partial charge on any atom is 0.232 e. The molecular weight excluding hydrogens is 576 g/mol. The molecule has 0 saturated carbocycles. The van der Waals surface area contributed by atoms with Crippen molar-refractivity contribution in [2.24, 2.45) is 0 Å². The van der Waals surface area contributed by atoms with Crippen LogP contribution in [-0.4, -0.2) is 101 Å². The van der Waals surface area contributed by atoms with E-state index in [2.05, 4.69) is 30.4 Å². The smallest absolute Gasteiger partial charge is 0.232 e. The third-order valence-corrected chi connectivity index (χ3v) is 8.68. The number of hydrogen-bond acceptors (Lipinski definition) is 10. The van der Waals surface area contributed by atoms with E-state index in [1.54, 1.807) is 18.1 Å². The van der Waals surface area contributed by atoms with Crippen LogP contribution in [-0.2, 0) is 10.0 Å². The van der Waals surface area contributed by atoms with Gasteiger partial charge in [0.15, 0.2) is 5.82 Å². The van der Waals surface area contributed by atoms with Gasteiger partial charge in [-0.05, 0) is 44.1 Å². The summed E-state index contributed by atoms with van der Waals surface area (Å²) in [7, 11) is -2.60. The van der Waals surface area contributed by atoms with Crippen molar-refractivity contribution < 1.29 is 21.4 Å². The number of piperazine rings is 1. The van der Waals surface area contributed by atoms with Crippen molar-refractivity contribution in [1.29, 1.82) is 0 Å². The molecule has 2 N–H and O–H groups in total. The summed E-state index contributed by atoms with van der Waals surface area (Å²) in [6.07, 6.45) is 4.14. The number of nitrogens with one attached hydrogen (secondary N) is 2. The lowest BCUT2D eigenvalue weighted by molar-refractivity contribution is 0.0982. The van der Waals surface area contributed by atoms with Crippen molar-refractivity contribution >= 4 is 56.1 Å². The Labute approximate surface area is 261 Å². The number of benzene rings is 2. The number of anilines is 6. The molecule has 11 nitrogen and oxygen atoms in total. The maximum absolute atomic E-state index is 12.5. The van der Waals surface area contributed by atoms with Crippen LogP contribution in [0.1, 0.15) is 21.1 Å². The van der Waals surface area contributed by atoms with Crippen LogP contribution in [0.3, 0.4) is 0 Å². The Balaban J connectivity index is 1.27. The number of likely N-dealkylation sites (N-methyl/N-ethyl adjacent to an activating group) is 1. The summed E-state index contributed by atoms with van der Waals surface area (Å²) in [5.74, 6) is 0.856. The summed E-state index contributed by atoms with van der Waals surface area (Å²) in [6, 6.07) is 12.3. The summed E-state index contributed by atoms with van der Waals surface area (Å²) in [4.78, 5) is 15.0. The van der Waals surface area contributed by atoms with Gasteiger partial charge in [0.1, 0.15) is 10.8 Å². The number of rotatable bonds is 9. The Morgan fingerprint density at radius 2 is 1.81 bits per heavy atom. The van der Waals surface area contributed by atoms with Gasteiger partial charge in [-0.25, -0.2) is 13.4 Å². The average molecular weight is 621 g/mol. The molecule has 0 bridgehead atoms. The molecular formula is C29H39ClN8O3S. The lowest BCUT2D eigenvalue weighted by atomic mass is 10.0. The van der Waals surface area contributed by atoms with Crippen LogP contribution in [0.2, 0.25) is 5.02 Å². The second-order valence-electron chi connectivity index (χ2n) is 10.3. The third kappa shape index (κ3) is 7.00. The molecule has 0 atom stereocenters. The normalized spacial score (nSPS) is 19.9. The lowest BCUT2D eigenvalue weighted by Crippen LogP contribution is -2.52. The molecule has 226 valence electrons. The fourth-order valence-electron chi connectivity index (χ4n) is 5.25. The molecule has 2 aliphatic rings. The van der Waals surface area contributed by atoms with Crippen molar-refractivity contribution in [2.75, 3.05) is 86.4 Å². The minimum Gasteiger partial charge on any atom is -0.494 e. The molecule has 0 spiro atoms. The molecule has 13 heteroatoms. The van der Waals surface area contributed by atoms with Gasteiger partial charge in [-0.3, -0.25) is 9.21 Å². The zero-order valence-corrected chi connectivity index (χ0v) is 25.1. The fraction of sp³-hybridized carbons (Fsp3) is 0.448. The van der Waals surface area contributed by atoms with Crippen molar-refractivity contribution in [3.8, 4) is 5.75 Å². The minimum atomic E-state index is -4.17. The van der Waals surface area contributed by atoms with E-state index in [9.17, 15) is 8.42 Å². The summed E-state index contributed by atoms with van der Waals surface area (Å²) < 4.78 is 77.4. The number of para-hydroxylation sites is 2. The van der Waals surface area contributed by atoms with Gasteiger partial charge in [0, 0.05) is 72.3 Å². The SMILES string of the molecule is [2H]C([2H])([2H])N1CCN(C2CCN(c3ccc(Nc4ncc(Cl)c(Nc5ccccc5N(C([2H])([2H])[2H])S(C)(=O)=O)n4)c(OC)c3)CC2)CC1. The number of nitrogens with zero attached hydrogens (tertiary/aromatic N) is 6. The number of aromatic nitrogens is 2. The first kappa shape index (κ1) is 23.2. The van der Waals surface area contributed by atoms with E-state index in [-0.39, 0.29) is 28.2 Å². The first-order valence-electron chi connectivity index (χ1n) is 16.6. The van der Waals surface area contributed by atoms with Gasteiger partial charge in [0.05, 0.1) is 36.6 Å². The summed E-state index contributed by atoms with van der Waals surface area (Å²) in [6.45, 7) is -0.665. The van der Waals surface area contributed by atoms with E-state index in [1.807, 2.05) is 18.2 Å². The number of piperidine rings is 1. The third-order valence-electron chi connectivity index (χ3n) is 7.54. The highest BCUT2D eigenvalue weighted by molar-refractivity contribution is 7.92. The molecule has 0 aliphatic carbocycles. The predicted octanol–water partition coefficient (Wildman–Crippen LogP) is 4.24. The molecule has 3 heterocycles. The molecule has 2 aliphatic heterocycles. The summed E-state index contributed by atoms with van der Waals surface area (Å²) >= 11 is 6.39. The number of ether oxygens (including phenoxy) is 1. The van der Waals surface area contributed by atoms with Gasteiger partial charge >= 0.3 is 0 Å². The van der Waals surface area contributed by atoms with Gasteiger partial charge in [-0.1, -0.05) is 23.7 Å². The van der Waals surface area contributed by atoms with Crippen LogP contribution >= 0.6 is 11.6 Å². The number of hydrogen-bond donors (Lipinski definition) is 2. The van der Waals surface area contributed by atoms with Crippen LogP contribution in [0.5, 0.6) is 5.75 Å². The van der Waals surface area contributed by atoms with Crippen LogP contribution in [0.25, 0.3) is 0 Å². The molecule has 42 heavy (non-hydrogen) atoms. The Bertz CT molecular complexity index is 1700. The van der Waals surface area contributed by atoms with Gasteiger partial charge < -0.3 is 25.2 Å². The number of methoxy groups -OCH3 is 1. The summed E-state index contributed by atoms with van der Waals surface area (Å²) in [5.41, 5.74) is 1.67. The molecule has 0 radical (unpaired) electrons. The van der Waals surface area contributed by atoms with E-state index in [4.69, 9.17) is 24.6 Å². The molecule has 3 aromatic rings. The average Bonchev–Trinajstić information content (AvgIpc) is 3.02. The lowest BCUT2D eigenvalue weighted by Gasteiger charge is -2.42. The highest BCUT2D eigenvalue weighted by Crippen LogP contribution is 2.35. The van der Waals surface area contributed by atoms with Gasteiger partial charge in [0.25, 0.3) is 0 Å². The van der Waals surface area contributed by atoms with E-state index in [1.165, 1.54) is 24.4 Å². The molecule has 5 rings (SSSR count). The standard InChI is InChI=1S/C29H39ClN8O3S/c1-35-15-17-38(18-16-35)21-11-13-37(14-12-21)22-9-10-25(27(19-22)41-3)33-29-31-20-23(30)28(34-29)32-24-7-5-6-8-26(24)36(2)42(4,39)40/h5-10,19-21H,11-18H2,1-4H3,(H2,31,32,33,34)/i1D3,2D3. The fourth-order valence-corrected chi connectivity index (χ4v) is 5.91.